The molecule has 1 aliphatic rings. The van der Waals surface area contributed by atoms with Crippen LogP contribution in [0.3, 0.4) is 0 Å². The fourth-order valence-corrected chi connectivity index (χ4v) is 8.24. The zero-order chi connectivity index (χ0) is 54.3. The van der Waals surface area contributed by atoms with E-state index in [0.29, 0.717) is 87.3 Å². The maximum absolute atomic E-state index is 13.4. The number of pyridine rings is 1. The van der Waals surface area contributed by atoms with Crippen LogP contribution >= 0.6 is 34.8 Å². The van der Waals surface area contributed by atoms with E-state index in [0.717, 1.165) is 33.5 Å². The molecule has 0 atom stereocenters. The molecule has 0 N–H and O–H groups in total. The van der Waals surface area contributed by atoms with Crippen molar-refractivity contribution in [2.45, 2.75) is 47.6 Å². The molecule has 1 aromatic heterocycles. The number of esters is 1. The second kappa shape index (κ2) is 31.6. The Morgan fingerprint density at radius 2 is 1.43 bits per heavy atom. The van der Waals surface area contributed by atoms with Crippen molar-refractivity contribution in [1.29, 1.82) is 0 Å². The molecule has 5 aromatic carbocycles. The standard InChI is InChI=1S/C23H25NO4.C21H22FNO4.C15H12Cl3NO.CH4/c1-17-9-12-19(13-10-17)14-11-18(2)24-28-15-20-7-5-6-8-21(20)22(16-26-3)23(25)27-4;1-25-19-8-5-16(13-20(19)26-2)18(15-3-6-17(22)7-4-15)14-21(24)23-9-11-27-12-10-23;1-9-7-12(18)13(19-8-9)5-6-14(20)15-10(16)3-2-4-11(15)17;/h5-14,16H,15H2,1-4H3;3-8,13-14H,9-12H2,1-2H3;2-4,7-8H,5-6H2,1H3;1H4/b14-11+,22-16+,24-18+;18-14-;;. The van der Waals surface area contributed by atoms with Gasteiger partial charge in [0.2, 0.25) is 5.91 Å². The third kappa shape index (κ3) is 18.5. The van der Waals surface area contributed by atoms with Crippen LogP contribution in [0.15, 0.2) is 145 Å². The smallest absolute Gasteiger partial charge is 0.341 e. The van der Waals surface area contributed by atoms with Crippen LogP contribution in [-0.4, -0.2) is 88.0 Å². The molecule has 1 fully saturated rings. The van der Waals surface area contributed by atoms with Gasteiger partial charge in [-0.2, -0.15) is 0 Å². The Morgan fingerprint density at radius 1 is 0.776 bits per heavy atom. The van der Waals surface area contributed by atoms with Crippen LogP contribution in [0, 0.1) is 19.7 Å². The molecule has 0 spiro atoms. The highest BCUT2D eigenvalue weighted by Gasteiger charge is 2.20. The minimum absolute atomic E-state index is 0. The third-order valence-corrected chi connectivity index (χ3v) is 12.3. The van der Waals surface area contributed by atoms with E-state index in [1.807, 2.05) is 74.5 Å². The van der Waals surface area contributed by atoms with Gasteiger partial charge in [0.15, 0.2) is 17.3 Å². The van der Waals surface area contributed by atoms with Crippen molar-refractivity contribution in [1.82, 2.24) is 9.88 Å². The van der Waals surface area contributed by atoms with Crippen LogP contribution in [0.25, 0.3) is 17.2 Å². The minimum Gasteiger partial charge on any atom is -0.503 e. The maximum atomic E-state index is 13.4. The Kier molecular flexibility index (Phi) is 25.4. The van der Waals surface area contributed by atoms with Crippen LogP contribution in [-0.2, 0) is 41.7 Å². The molecule has 400 valence electrons. The van der Waals surface area contributed by atoms with E-state index in [1.54, 1.807) is 73.9 Å². The monoisotopic (exact) mass is 1090 g/mol. The summed E-state index contributed by atoms with van der Waals surface area (Å²) in [7, 11) is 5.94. The van der Waals surface area contributed by atoms with E-state index in [4.69, 9.17) is 63.3 Å². The molecule has 1 saturated heterocycles. The number of rotatable bonds is 17. The predicted octanol–water partition coefficient (Wildman–Crippen LogP) is 13.7. The van der Waals surface area contributed by atoms with E-state index < -0.39 is 5.97 Å². The fourth-order valence-electron chi connectivity index (χ4n) is 7.32. The summed E-state index contributed by atoms with van der Waals surface area (Å²) in [5, 5.41) is 5.43. The summed E-state index contributed by atoms with van der Waals surface area (Å²) in [6.45, 7) is 8.21. The average molecular weight is 1100 g/mol. The first-order valence-electron chi connectivity index (χ1n) is 23.6. The first-order valence-corrected chi connectivity index (χ1v) is 24.7. The number of carbonyl (C=O) groups is 3. The summed E-state index contributed by atoms with van der Waals surface area (Å²) >= 11 is 18.1. The number of benzene rings is 5. The SMILES string of the molecule is C.CO/C=C(/C(=O)OC)c1ccccc1CO/N=C(C)/C=C/c1ccc(C)cc1.COc1ccc(/C(=C\C(=O)N2CCOCC2)c2ccc(F)cc2)cc1OC.Cc1cnc(CCC(=O)c2c(Cl)cccc2Cl)c(Cl)c1. The molecule has 1 aliphatic heterocycles. The van der Waals surface area contributed by atoms with Crippen molar-refractivity contribution in [2.75, 3.05) is 54.7 Å². The van der Waals surface area contributed by atoms with Crippen molar-refractivity contribution < 1.29 is 47.3 Å². The summed E-state index contributed by atoms with van der Waals surface area (Å²) in [4.78, 5) is 48.5. The molecule has 0 unspecified atom stereocenters. The summed E-state index contributed by atoms with van der Waals surface area (Å²) in [5.74, 6) is 0.132. The van der Waals surface area contributed by atoms with Gasteiger partial charge in [-0.25, -0.2) is 9.18 Å². The quantitative estimate of drug-likeness (QED) is 0.0217. The summed E-state index contributed by atoms with van der Waals surface area (Å²) < 4.78 is 39.2. The molecule has 0 aliphatic carbocycles. The number of oxime groups is 1. The van der Waals surface area contributed by atoms with Gasteiger partial charge in [-0.3, -0.25) is 14.6 Å². The number of ether oxygens (including phenoxy) is 5. The molecule has 6 aromatic rings. The third-order valence-electron chi connectivity index (χ3n) is 11.3. The number of hydrogen-bond acceptors (Lipinski definition) is 11. The van der Waals surface area contributed by atoms with Gasteiger partial charge in [0.05, 0.1) is 80.0 Å². The molecule has 12 nitrogen and oxygen atoms in total. The topological polar surface area (TPSA) is 135 Å². The Morgan fingerprint density at radius 3 is 2.07 bits per heavy atom. The lowest BCUT2D eigenvalue weighted by molar-refractivity contribution is -0.134. The molecule has 2 heterocycles. The van der Waals surface area contributed by atoms with E-state index in [-0.39, 0.29) is 38.0 Å². The number of aromatic nitrogens is 1. The normalized spacial score (nSPS) is 12.5. The number of carbonyl (C=O) groups excluding carboxylic acids is 3. The second-order valence-corrected chi connectivity index (χ2v) is 17.9. The molecule has 76 heavy (non-hydrogen) atoms. The van der Waals surface area contributed by atoms with Gasteiger partial charge in [0, 0.05) is 37.3 Å². The summed E-state index contributed by atoms with van der Waals surface area (Å²) in [5.41, 5.74) is 9.11. The molecule has 1 amide bonds. The van der Waals surface area contributed by atoms with Crippen LogP contribution < -0.4 is 9.47 Å². The Bertz CT molecular complexity index is 2990. The Labute approximate surface area is 460 Å². The lowest BCUT2D eigenvalue weighted by Gasteiger charge is -2.26. The van der Waals surface area contributed by atoms with Gasteiger partial charge in [-0.15, -0.1) is 0 Å². The van der Waals surface area contributed by atoms with E-state index in [2.05, 4.69) is 29.2 Å². The molecule has 0 radical (unpaired) electrons. The van der Waals surface area contributed by atoms with E-state index in [9.17, 15) is 18.8 Å². The van der Waals surface area contributed by atoms with Crippen molar-refractivity contribution in [3.63, 3.8) is 0 Å². The lowest BCUT2D eigenvalue weighted by Crippen LogP contribution is -2.39. The Hall–Kier alpha value is -7.29. The van der Waals surface area contributed by atoms with Crippen LogP contribution in [0.2, 0.25) is 15.1 Å². The summed E-state index contributed by atoms with van der Waals surface area (Å²) in [6, 6.07) is 34.0. The number of methoxy groups -OCH3 is 4. The highest BCUT2D eigenvalue weighted by atomic mass is 35.5. The van der Waals surface area contributed by atoms with Gasteiger partial charge < -0.3 is 33.4 Å². The van der Waals surface area contributed by atoms with Gasteiger partial charge in [-0.1, -0.05) is 132 Å². The molecule has 0 saturated carbocycles. The number of amides is 1. The van der Waals surface area contributed by atoms with E-state index in [1.165, 1.54) is 38.2 Å². The minimum atomic E-state index is -0.477. The van der Waals surface area contributed by atoms with Gasteiger partial charge in [0.25, 0.3) is 0 Å². The maximum Gasteiger partial charge on any atom is 0.341 e. The number of morpholine rings is 1. The molecule has 7 rings (SSSR count). The van der Waals surface area contributed by atoms with Crippen molar-refractivity contribution in [3.05, 3.63) is 211 Å². The molecule has 0 bridgehead atoms. The van der Waals surface area contributed by atoms with E-state index >= 15 is 0 Å². The van der Waals surface area contributed by atoms with Gasteiger partial charge in [-0.05, 0) is 109 Å². The number of hydrogen-bond donors (Lipinski definition) is 0. The number of ketones is 1. The Balaban J connectivity index is 0.000000248. The number of nitrogens with zero attached hydrogens (tertiary/aromatic N) is 3. The van der Waals surface area contributed by atoms with Gasteiger partial charge >= 0.3 is 5.97 Å². The molecular formula is C60H63Cl3FN3O9. The number of Topliss-reactive ketones (excluding diaryl/α,β-unsaturated/α-hetero) is 1. The first kappa shape index (κ1) is 61.3. The fraction of sp³-hybridized carbons (Fsp3) is 0.250. The number of halogens is 4. The first-order chi connectivity index (χ1) is 36.1. The van der Waals surface area contributed by atoms with Gasteiger partial charge in [0.1, 0.15) is 18.0 Å². The highest BCUT2D eigenvalue weighted by molar-refractivity contribution is 6.39. The second-order valence-electron chi connectivity index (χ2n) is 16.7. The zero-order valence-electron chi connectivity index (χ0n) is 42.8. The van der Waals surface area contributed by atoms with Crippen LogP contribution in [0.5, 0.6) is 11.5 Å². The molecule has 16 heteroatoms. The zero-order valence-corrected chi connectivity index (χ0v) is 45.1. The van der Waals surface area contributed by atoms with Crippen molar-refractivity contribution in [2.24, 2.45) is 5.16 Å². The molecular weight excluding hydrogens is 1030 g/mol. The number of aryl methyl sites for hydroxylation is 3. The highest BCUT2D eigenvalue weighted by Crippen LogP contribution is 2.33. The van der Waals surface area contributed by atoms with Crippen molar-refractivity contribution >= 4 is 75.4 Å². The van der Waals surface area contributed by atoms with Crippen LogP contribution in [0.1, 0.15) is 75.8 Å². The average Bonchev–Trinajstić information content (AvgIpc) is 3.42. The largest absolute Gasteiger partial charge is 0.503 e. The van der Waals surface area contributed by atoms with Crippen LogP contribution in [0.4, 0.5) is 4.39 Å². The predicted molar refractivity (Wildman–Crippen MR) is 302 cm³/mol. The summed E-state index contributed by atoms with van der Waals surface area (Å²) in [6.07, 6.45) is 9.27. The lowest BCUT2D eigenvalue weighted by atomic mass is 9.96. The number of allylic oxidation sites excluding steroid dienone is 1. The van der Waals surface area contributed by atoms with Crippen molar-refractivity contribution in [3.8, 4) is 11.5 Å².